The first kappa shape index (κ1) is 16.3. The lowest BCUT2D eigenvalue weighted by Crippen LogP contribution is -2.26. The van der Waals surface area contributed by atoms with Gasteiger partial charge in [0.25, 0.3) is 0 Å². The van der Waals surface area contributed by atoms with Crippen LogP contribution in [-0.4, -0.2) is 12.6 Å². The molecule has 1 aromatic rings. The van der Waals surface area contributed by atoms with Gasteiger partial charge in [-0.25, -0.2) is 0 Å². The molecule has 3 heteroatoms. The molecule has 1 rings (SSSR count). The Labute approximate surface area is 122 Å². The van der Waals surface area contributed by atoms with Crippen molar-refractivity contribution in [1.29, 1.82) is 0 Å². The van der Waals surface area contributed by atoms with Gasteiger partial charge in [0.05, 0.1) is 6.61 Å². The number of ether oxygens (including phenoxy) is 1. The van der Waals surface area contributed by atoms with Crippen LogP contribution in [0.3, 0.4) is 0 Å². The second-order valence-electron chi connectivity index (χ2n) is 5.44. The maximum Gasteiger partial charge on any atom is 0.122 e. The minimum absolute atomic E-state index is 0.275. The summed E-state index contributed by atoms with van der Waals surface area (Å²) in [6, 6.07) is 4.34. The summed E-state index contributed by atoms with van der Waals surface area (Å²) in [4.78, 5) is 0. The van der Waals surface area contributed by atoms with Gasteiger partial charge < -0.3 is 10.5 Å². The fourth-order valence-corrected chi connectivity index (χ4v) is 2.23. The number of halogens is 1. The van der Waals surface area contributed by atoms with Crippen LogP contribution >= 0.6 is 11.6 Å². The Kier molecular flexibility index (Phi) is 6.67. The van der Waals surface area contributed by atoms with Crippen molar-refractivity contribution in [2.24, 2.45) is 11.7 Å². The van der Waals surface area contributed by atoms with Gasteiger partial charge in [0.1, 0.15) is 5.75 Å². The van der Waals surface area contributed by atoms with Gasteiger partial charge in [0.2, 0.25) is 0 Å². The molecule has 0 radical (unpaired) electrons. The molecule has 0 saturated heterocycles. The molecule has 0 aliphatic carbocycles. The molecule has 2 N–H and O–H groups in total. The SMILES string of the molecule is CCOc1cc(C)c(Cl)cc1CCCC(N)C(C)C. The van der Waals surface area contributed by atoms with Gasteiger partial charge in [-0.05, 0) is 62.3 Å². The predicted molar refractivity (Wildman–Crippen MR) is 83.1 cm³/mol. The molecule has 19 heavy (non-hydrogen) atoms. The van der Waals surface area contributed by atoms with E-state index in [1.165, 1.54) is 5.56 Å². The largest absolute Gasteiger partial charge is 0.494 e. The first-order valence-electron chi connectivity index (χ1n) is 7.13. The van der Waals surface area contributed by atoms with E-state index in [4.69, 9.17) is 22.1 Å². The maximum atomic E-state index is 6.20. The van der Waals surface area contributed by atoms with Crippen LogP contribution in [0.25, 0.3) is 0 Å². The highest BCUT2D eigenvalue weighted by Crippen LogP contribution is 2.28. The minimum atomic E-state index is 0.275. The molecule has 0 aliphatic rings. The lowest BCUT2D eigenvalue weighted by Gasteiger charge is -2.16. The Balaban J connectivity index is 2.68. The second-order valence-corrected chi connectivity index (χ2v) is 5.85. The van der Waals surface area contributed by atoms with Crippen LogP contribution in [0, 0.1) is 12.8 Å². The molecule has 108 valence electrons. The van der Waals surface area contributed by atoms with Crippen molar-refractivity contribution >= 4 is 11.6 Å². The van der Waals surface area contributed by atoms with E-state index in [-0.39, 0.29) is 6.04 Å². The highest BCUT2D eigenvalue weighted by Gasteiger charge is 2.10. The molecule has 0 aromatic heterocycles. The molecule has 1 unspecified atom stereocenters. The molecule has 0 heterocycles. The smallest absolute Gasteiger partial charge is 0.122 e. The lowest BCUT2D eigenvalue weighted by molar-refractivity contribution is 0.335. The fourth-order valence-electron chi connectivity index (χ4n) is 2.04. The highest BCUT2D eigenvalue weighted by atomic mass is 35.5. The Hall–Kier alpha value is -0.730. The Morgan fingerprint density at radius 2 is 2.00 bits per heavy atom. The zero-order chi connectivity index (χ0) is 14.4. The predicted octanol–water partition coefficient (Wildman–Crippen LogP) is 4.35. The van der Waals surface area contributed by atoms with Crippen molar-refractivity contribution in [3.63, 3.8) is 0 Å². The molecule has 0 aliphatic heterocycles. The third kappa shape index (κ3) is 5.04. The van der Waals surface area contributed by atoms with Crippen molar-refractivity contribution in [2.45, 2.75) is 53.0 Å². The molecule has 0 fully saturated rings. The van der Waals surface area contributed by atoms with E-state index in [1.807, 2.05) is 26.0 Å². The molecular formula is C16H26ClNO. The molecule has 0 spiro atoms. The summed E-state index contributed by atoms with van der Waals surface area (Å²) >= 11 is 6.20. The van der Waals surface area contributed by atoms with Gasteiger partial charge in [0, 0.05) is 11.1 Å². The molecule has 1 aromatic carbocycles. The maximum absolute atomic E-state index is 6.20. The number of hydrogen-bond donors (Lipinski definition) is 1. The number of aryl methyl sites for hydroxylation is 2. The molecule has 2 nitrogen and oxygen atoms in total. The quantitative estimate of drug-likeness (QED) is 0.807. The van der Waals surface area contributed by atoms with Crippen molar-refractivity contribution in [1.82, 2.24) is 0 Å². The molecule has 0 bridgehead atoms. The van der Waals surface area contributed by atoms with Crippen LogP contribution in [0.2, 0.25) is 5.02 Å². The third-order valence-corrected chi connectivity index (χ3v) is 3.89. The Morgan fingerprint density at radius 3 is 2.58 bits per heavy atom. The van der Waals surface area contributed by atoms with E-state index in [1.54, 1.807) is 0 Å². The zero-order valence-corrected chi connectivity index (χ0v) is 13.3. The van der Waals surface area contributed by atoms with Crippen molar-refractivity contribution in [2.75, 3.05) is 6.61 Å². The second kappa shape index (κ2) is 7.76. The van der Waals surface area contributed by atoms with Crippen LogP contribution in [0.4, 0.5) is 0 Å². The topological polar surface area (TPSA) is 35.2 Å². The lowest BCUT2D eigenvalue weighted by atomic mass is 9.97. The average Bonchev–Trinajstić information content (AvgIpc) is 2.35. The van der Waals surface area contributed by atoms with E-state index in [0.29, 0.717) is 12.5 Å². The molecular weight excluding hydrogens is 258 g/mol. The van der Waals surface area contributed by atoms with Crippen molar-refractivity contribution in [3.8, 4) is 5.75 Å². The summed E-state index contributed by atoms with van der Waals surface area (Å²) in [5, 5.41) is 0.812. The third-order valence-electron chi connectivity index (χ3n) is 3.48. The van der Waals surface area contributed by atoms with E-state index < -0.39 is 0 Å². The highest BCUT2D eigenvalue weighted by molar-refractivity contribution is 6.31. The van der Waals surface area contributed by atoms with Gasteiger partial charge in [0.15, 0.2) is 0 Å². The van der Waals surface area contributed by atoms with Crippen LogP contribution in [-0.2, 0) is 6.42 Å². The summed E-state index contributed by atoms with van der Waals surface area (Å²) in [6.45, 7) is 9.02. The fraction of sp³-hybridized carbons (Fsp3) is 0.625. The number of rotatable bonds is 7. The molecule has 1 atom stereocenters. The normalized spacial score (nSPS) is 12.8. The van der Waals surface area contributed by atoms with Crippen molar-refractivity contribution in [3.05, 3.63) is 28.3 Å². The number of nitrogens with two attached hydrogens (primary N) is 1. The molecule has 0 saturated carbocycles. The first-order chi connectivity index (χ1) is 8.95. The monoisotopic (exact) mass is 283 g/mol. The summed E-state index contributed by atoms with van der Waals surface area (Å²) < 4.78 is 5.69. The van der Waals surface area contributed by atoms with Crippen LogP contribution < -0.4 is 10.5 Å². The Morgan fingerprint density at radius 1 is 1.32 bits per heavy atom. The summed E-state index contributed by atoms with van der Waals surface area (Å²) in [5.41, 5.74) is 8.33. The van der Waals surface area contributed by atoms with E-state index >= 15 is 0 Å². The summed E-state index contributed by atoms with van der Waals surface area (Å²) in [6.07, 6.45) is 3.07. The first-order valence-corrected chi connectivity index (χ1v) is 7.50. The van der Waals surface area contributed by atoms with E-state index in [9.17, 15) is 0 Å². The Bertz CT molecular complexity index is 404. The van der Waals surface area contributed by atoms with Gasteiger partial charge in [-0.2, -0.15) is 0 Å². The van der Waals surface area contributed by atoms with Crippen LogP contribution in [0.15, 0.2) is 12.1 Å². The number of hydrogen-bond acceptors (Lipinski definition) is 2. The summed E-state index contributed by atoms with van der Waals surface area (Å²) in [7, 11) is 0. The number of benzene rings is 1. The van der Waals surface area contributed by atoms with Crippen molar-refractivity contribution < 1.29 is 4.74 Å². The average molecular weight is 284 g/mol. The van der Waals surface area contributed by atoms with Crippen LogP contribution in [0.1, 0.15) is 44.7 Å². The zero-order valence-electron chi connectivity index (χ0n) is 12.5. The van der Waals surface area contributed by atoms with E-state index in [2.05, 4.69) is 13.8 Å². The van der Waals surface area contributed by atoms with Gasteiger partial charge >= 0.3 is 0 Å². The van der Waals surface area contributed by atoms with Gasteiger partial charge in [-0.1, -0.05) is 25.4 Å². The molecule has 0 amide bonds. The van der Waals surface area contributed by atoms with Gasteiger partial charge in [-0.3, -0.25) is 0 Å². The van der Waals surface area contributed by atoms with Crippen LogP contribution in [0.5, 0.6) is 5.75 Å². The standard InChI is InChI=1S/C16H26ClNO/c1-5-19-16-9-12(4)14(17)10-13(16)7-6-8-15(18)11(2)3/h9-11,15H,5-8,18H2,1-4H3. The van der Waals surface area contributed by atoms with Gasteiger partial charge in [-0.15, -0.1) is 0 Å². The summed E-state index contributed by atoms with van der Waals surface area (Å²) in [5.74, 6) is 1.50. The minimum Gasteiger partial charge on any atom is -0.494 e. The van der Waals surface area contributed by atoms with E-state index in [0.717, 1.165) is 35.6 Å².